The molecule has 1 aromatic carbocycles. The molecule has 2 aromatic rings. The number of hydrogen-bond acceptors (Lipinski definition) is 4. The first-order chi connectivity index (χ1) is 9.52. The summed E-state index contributed by atoms with van der Waals surface area (Å²) in [5, 5.41) is 8.96. The van der Waals surface area contributed by atoms with Crippen molar-refractivity contribution >= 4 is 0 Å². The molecule has 102 valence electrons. The second-order valence-electron chi connectivity index (χ2n) is 4.84. The smallest absolute Gasteiger partial charge is 0.223 e. The van der Waals surface area contributed by atoms with Crippen molar-refractivity contribution in [1.29, 1.82) is 5.26 Å². The normalized spacial score (nSPS) is 11.8. The Morgan fingerprint density at radius 2 is 1.95 bits per heavy atom. The maximum absolute atomic E-state index is 8.96. The summed E-state index contributed by atoms with van der Waals surface area (Å²) in [6, 6.07) is 9.33. The molecule has 20 heavy (non-hydrogen) atoms. The van der Waals surface area contributed by atoms with Gasteiger partial charge in [-0.2, -0.15) is 5.26 Å². The van der Waals surface area contributed by atoms with Crippen LogP contribution in [-0.2, 0) is 0 Å². The van der Waals surface area contributed by atoms with Crippen LogP contribution in [0.25, 0.3) is 0 Å². The summed E-state index contributed by atoms with van der Waals surface area (Å²) in [7, 11) is 0. The number of aromatic nitrogens is 1. The number of nitriles is 1. The van der Waals surface area contributed by atoms with Crippen molar-refractivity contribution in [2.45, 2.75) is 26.8 Å². The van der Waals surface area contributed by atoms with Crippen LogP contribution in [-0.4, -0.2) is 4.98 Å². The average Bonchev–Trinajstić information content (AvgIpc) is 2.42. The van der Waals surface area contributed by atoms with E-state index in [0.717, 1.165) is 22.4 Å². The molecule has 2 N–H and O–H groups in total. The highest BCUT2D eigenvalue weighted by atomic mass is 16.5. The van der Waals surface area contributed by atoms with E-state index in [4.69, 9.17) is 15.7 Å². The van der Waals surface area contributed by atoms with Gasteiger partial charge in [0.25, 0.3) is 0 Å². The summed E-state index contributed by atoms with van der Waals surface area (Å²) in [5.41, 5.74) is 9.22. The van der Waals surface area contributed by atoms with Crippen molar-refractivity contribution in [3.8, 4) is 17.7 Å². The Balaban J connectivity index is 2.44. The summed E-state index contributed by atoms with van der Waals surface area (Å²) >= 11 is 0. The lowest BCUT2D eigenvalue weighted by molar-refractivity contribution is 0.445. The highest BCUT2D eigenvalue weighted by Gasteiger charge is 2.13. The zero-order chi connectivity index (χ0) is 14.7. The predicted octanol–water partition coefficient (Wildman–Crippen LogP) is 3.38. The maximum Gasteiger partial charge on any atom is 0.223 e. The summed E-state index contributed by atoms with van der Waals surface area (Å²) in [6.45, 7) is 5.72. The molecule has 0 aliphatic carbocycles. The maximum atomic E-state index is 8.96. The monoisotopic (exact) mass is 267 g/mol. The molecule has 4 heteroatoms. The van der Waals surface area contributed by atoms with Crippen LogP contribution in [0, 0.1) is 25.2 Å². The first kappa shape index (κ1) is 14.0. The van der Waals surface area contributed by atoms with Crippen molar-refractivity contribution in [1.82, 2.24) is 4.98 Å². The molecule has 1 heterocycles. The minimum Gasteiger partial charge on any atom is -0.438 e. The minimum absolute atomic E-state index is 0.155. The van der Waals surface area contributed by atoms with Gasteiger partial charge in [-0.25, -0.2) is 4.98 Å². The number of benzene rings is 1. The lowest BCUT2D eigenvalue weighted by Crippen LogP contribution is -2.08. The topological polar surface area (TPSA) is 71.9 Å². The second-order valence-corrected chi connectivity index (χ2v) is 4.84. The van der Waals surface area contributed by atoms with Gasteiger partial charge in [0.2, 0.25) is 5.88 Å². The van der Waals surface area contributed by atoms with Crippen LogP contribution in [0.15, 0.2) is 30.5 Å². The first-order valence-corrected chi connectivity index (χ1v) is 6.42. The summed E-state index contributed by atoms with van der Waals surface area (Å²) in [4.78, 5) is 4.25. The van der Waals surface area contributed by atoms with Crippen molar-refractivity contribution in [3.63, 3.8) is 0 Å². The Morgan fingerprint density at radius 3 is 2.50 bits per heavy atom. The molecule has 0 fully saturated rings. The standard InChI is InChI=1S/C16H17N3O/c1-10-7-13(9-17)8-11(2)15(10)20-16-14(12(3)18)5-4-6-19-16/h4-8,12H,18H2,1-3H3/t12-/m0/s1. The number of rotatable bonds is 3. The molecule has 0 saturated heterocycles. The van der Waals surface area contributed by atoms with Crippen LogP contribution in [0.4, 0.5) is 0 Å². The summed E-state index contributed by atoms with van der Waals surface area (Å²) in [6.07, 6.45) is 1.68. The van der Waals surface area contributed by atoms with E-state index in [-0.39, 0.29) is 6.04 Å². The Hall–Kier alpha value is -2.38. The molecule has 0 bridgehead atoms. The fourth-order valence-corrected chi connectivity index (χ4v) is 2.11. The van der Waals surface area contributed by atoms with E-state index in [0.29, 0.717) is 11.4 Å². The van der Waals surface area contributed by atoms with Gasteiger partial charge in [0.1, 0.15) is 5.75 Å². The van der Waals surface area contributed by atoms with Gasteiger partial charge >= 0.3 is 0 Å². The van der Waals surface area contributed by atoms with Crippen LogP contribution in [0.1, 0.15) is 35.2 Å². The number of ether oxygens (including phenoxy) is 1. The Morgan fingerprint density at radius 1 is 1.30 bits per heavy atom. The quantitative estimate of drug-likeness (QED) is 0.925. The van der Waals surface area contributed by atoms with Crippen LogP contribution in [0.5, 0.6) is 11.6 Å². The molecule has 1 atom stereocenters. The van der Waals surface area contributed by atoms with Crippen LogP contribution in [0.2, 0.25) is 0 Å². The first-order valence-electron chi connectivity index (χ1n) is 6.42. The molecule has 0 amide bonds. The lowest BCUT2D eigenvalue weighted by Gasteiger charge is -2.15. The van der Waals surface area contributed by atoms with Crippen molar-refractivity contribution < 1.29 is 4.74 Å². The molecule has 0 radical (unpaired) electrons. The highest BCUT2D eigenvalue weighted by Crippen LogP contribution is 2.31. The van der Waals surface area contributed by atoms with Gasteiger partial charge in [0.05, 0.1) is 11.6 Å². The molecule has 0 aliphatic rings. The Bertz CT molecular complexity index is 649. The van der Waals surface area contributed by atoms with Crippen LogP contribution >= 0.6 is 0 Å². The minimum atomic E-state index is -0.155. The van der Waals surface area contributed by atoms with Gasteiger partial charge in [-0.1, -0.05) is 6.07 Å². The Kier molecular flexibility index (Phi) is 4.02. The number of aryl methyl sites for hydroxylation is 2. The fourth-order valence-electron chi connectivity index (χ4n) is 2.11. The van der Waals surface area contributed by atoms with E-state index in [2.05, 4.69) is 11.1 Å². The van der Waals surface area contributed by atoms with Gasteiger partial charge in [0, 0.05) is 17.8 Å². The molecule has 1 aromatic heterocycles. The predicted molar refractivity (Wildman–Crippen MR) is 77.5 cm³/mol. The summed E-state index contributed by atoms with van der Waals surface area (Å²) < 4.78 is 5.93. The largest absolute Gasteiger partial charge is 0.438 e. The van der Waals surface area contributed by atoms with Crippen molar-refractivity contribution in [2.75, 3.05) is 0 Å². The van der Waals surface area contributed by atoms with E-state index >= 15 is 0 Å². The van der Waals surface area contributed by atoms with Gasteiger partial charge < -0.3 is 10.5 Å². The second kappa shape index (κ2) is 5.72. The summed E-state index contributed by atoms with van der Waals surface area (Å²) in [5.74, 6) is 1.24. The van der Waals surface area contributed by atoms with Crippen LogP contribution in [0.3, 0.4) is 0 Å². The van der Waals surface area contributed by atoms with Gasteiger partial charge in [0.15, 0.2) is 0 Å². The molecule has 0 aliphatic heterocycles. The number of nitrogens with zero attached hydrogens (tertiary/aromatic N) is 2. The van der Waals surface area contributed by atoms with E-state index in [9.17, 15) is 0 Å². The number of pyridine rings is 1. The zero-order valence-corrected chi connectivity index (χ0v) is 11.8. The third-order valence-electron chi connectivity index (χ3n) is 3.08. The third-order valence-corrected chi connectivity index (χ3v) is 3.08. The van der Waals surface area contributed by atoms with Crippen molar-refractivity contribution in [3.05, 3.63) is 52.7 Å². The van der Waals surface area contributed by atoms with Gasteiger partial charge in [-0.15, -0.1) is 0 Å². The van der Waals surface area contributed by atoms with Gasteiger partial charge in [-0.05, 0) is 50.1 Å². The molecule has 4 nitrogen and oxygen atoms in total. The molecule has 0 saturated carbocycles. The molecule has 2 rings (SSSR count). The van der Waals surface area contributed by atoms with E-state index < -0.39 is 0 Å². The molecular formula is C16H17N3O. The molecular weight excluding hydrogens is 250 g/mol. The number of nitrogens with two attached hydrogens (primary N) is 1. The van der Waals surface area contributed by atoms with Crippen LogP contribution < -0.4 is 10.5 Å². The van der Waals surface area contributed by atoms with Gasteiger partial charge in [-0.3, -0.25) is 0 Å². The lowest BCUT2D eigenvalue weighted by atomic mass is 10.1. The fraction of sp³-hybridized carbons (Fsp3) is 0.250. The Labute approximate surface area is 118 Å². The molecule has 0 spiro atoms. The SMILES string of the molecule is Cc1cc(C#N)cc(C)c1Oc1ncccc1[C@H](C)N. The molecule has 0 unspecified atom stereocenters. The van der Waals surface area contributed by atoms with Crippen molar-refractivity contribution in [2.24, 2.45) is 5.73 Å². The number of hydrogen-bond donors (Lipinski definition) is 1. The average molecular weight is 267 g/mol. The highest BCUT2D eigenvalue weighted by molar-refractivity contribution is 5.49. The zero-order valence-electron chi connectivity index (χ0n) is 11.8. The van der Waals surface area contributed by atoms with E-state index in [1.807, 2.05) is 32.9 Å². The van der Waals surface area contributed by atoms with E-state index in [1.54, 1.807) is 18.3 Å². The third kappa shape index (κ3) is 2.79. The van der Waals surface area contributed by atoms with E-state index in [1.165, 1.54) is 0 Å².